The smallest absolute Gasteiger partial charge is 0.349 e. The van der Waals surface area contributed by atoms with Crippen molar-refractivity contribution >= 4 is 27.4 Å². The van der Waals surface area contributed by atoms with Gasteiger partial charge in [-0.25, -0.2) is 4.79 Å². The lowest BCUT2D eigenvalue weighted by atomic mass is 10.2. The lowest BCUT2D eigenvalue weighted by Crippen LogP contribution is -2.00. The molecule has 0 amide bonds. The SMILES string of the molecule is COc1cccc(COc2c(C(=O)O)sc3ccccc23)c1. The number of fused-ring (bicyclic) bond motifs is 1. The molecule has 0 bridgehead atoms. The molecule has 0 spiro atoms. The molecule has 0 radical (unpaired) electrons. The van der Waals surface area contributed by atoms with Crippen LogP contribution in [-0.2, 0) is 6.61 Å². The van der Waals surface area contributed by atoms with Crippen molar-refractivity contribution in [3.05, 3.63) is 59.0 Å². The number of carboxylic acids is 1. The lowest BCUT2D eigenvalue weighted by Gasteiger charge is -2.08. The summed E-state index contributed by atoms with van der Waals surface area (Å²) in [5.41, 5.74) is 0.922. The highest BCUT2D eigenvalue weighted by molar-refractivity contribution is 7.21. The highest BCUT2D eigenvalue weighted by Gasteiger charge is 2.19. The molecule has 0 aliphatic heterocycles. The van der Waals surface area contributed by atoms with E-state index in [1.807, 2.05) is 48.5 Å². The van der Waals surface area contributed by atoms with Crippen LogP contribution in [0.3, 0.4) is 0 Å². The molecule has 4 nitrogen and oxygen atoms in total. The van der Waals surface area contributed by atoms with E-state index in [1.165, 1.54) is 11.3 Å². The van der Waals surface area contributed by atoms with Crippen molar-refractivity contribution in [2.75, 3.05) is 7.11 Å². The Morgan fingerprint density at radius 1 is 1.18 bits per heavy atom. The van der Waals surface area contributed by atoms with E-state index < -0.39 is 5.97 Å². The molecule has 0 unspecified atom stereocenters. The molecule has 2 aromatic carbocycles. The Hall–Kier alpha value is -2.53. The van der Waals surface area contributed by atoms with Gasteiger partial charge in [-0.15, -0.1) is 11.3 Å². The maximum Gasteiger partial charge on any atom is 0.349 e. The Morgan fingerprint density at radius 2 is 2.00 bits per heavy atom. The monoisotopic (exact) mass is 314 g/mol. The summed E-state index contributed by atoms with van der Waals surface area (Å²) in [6.07, 6.45) is 0. The predicted octanol–water partition coefficient (Wildman–Crippen LogP) is 4.19. The molecule has 112 valence electrons. The number of methoxy groups -OCH3 is 1. The predicted molar refractivity (Wildman–Crippen MR) is 86.1 cm³/mol. The van der Waals surface area contributed by atoms with Gasteiger partial charge in [0, 0.05) is 10.1 Å². The first-order valence-electron chi connectivity index (χ1n) is 6.69. The van der Waals surface area contributed by atoms with Crippen molar-refractivity contribution in [2.24, 2.45) is 0 Å². The molecule has 0 aliphatic carbocycles. The van der Waals surface area contributed by atoms with Gasteiger partial charge in [-0.3, -0.25) is 0 Å². The molecule has 0 aliphatic rings. The van der Waals surface area contributed by atoms with E-state index in [0.717, 1.165) is 21.4 Å². The van der Waals surface area contributed by atoms with Gasteiger partial charge in [0.15, 0.2) is 10.6 Å². The molecule has 1 N–H and O–H groups in total. The first kappa shape index (κ1) is 14.4. The zero-order valence-electron chi connectivity index (χ0n) is 11.9. The summed E-state index contributed by atoms with van der Waals surface area (Å²) in [5, 5.41) is 10.2. The summed E-state index contributed by atoms with van der Waals surface area (Å²) in [4.78, 5) is 11.6. The van der Waals surface area contributed by atoms with Gasteiger partial charge in [0.2, 0.25) is 0 Å². The van der Waals surface area contributed by atoms with Crippen LogP contribution in [0.25, 0.3) is 10.1 Å². The Balaban J connectivity index is 1.92. The summed E-state index contributed by atoms with van der Waals surface area (Å²) in [6.45, 7) is 0.290. The molecular weight excluding hydrogens is 300 g/mol. The Labute approximate surface area is 131 Å². The highest BCUT2D eigenvalue weighted by atomic mass is 32.1. The van der Waals surface area contributed by atoms with Crippen LogP contribution in [0.4, 0.5) is 0 Å². The van der Waals surface area contributed by atoms with E-state index in [0.29, 0.717) is 5.75 Å². The van der Waals surface area contributed by atoms with Gasteiger partial charge in [0.25, 0.3) is 0 Å². The summed E-state index contributed by atoms with van der Waals surface area (Å²) >= 11 is 1.23. The van der Waals surface area contributed by atoms with E-state index in [1.54, 1.807) is 7.11 Å². The van der Waals surface area contributed by atoms with Crippen molar-refractivity contribution in [3.63, 3.8) is 0 Å². The number of carbonyl (C=O) groups is 1. The van der Waals surface area contributed by atoms with Crippen molar-refractivity contribution < 1.29 is 19.4 Å². The van der Waals surface area contributed by atoms with Crippen molar-refractivity contribution in [1.82, 2.24) is 0 Å². The maximum absolute atomic E-state index is 11.4. The lowest BCUT2D eigenvalue weighted by molar-refractivity contribution is 0.0698. The van der Waals surface area contributed by atoms with Crippen LogP contribution in [-0.4, -0.2) is 18.2 Å². The molecule has 0 fully saturated rings. The molecule has 3 rings (SSSR count). The normalized spacial score (nSPS) is 10.6. The summed E-state index contributed by atoms with van der Waals surface area (Å²) in [7, 11) is 1.61. The molecule has 22 heavy (non-hydrogen) atoms. The average molecular weight is 314 g/mol. The van der Waals surface area contributed by atoms with Crippen LogP contribution in [0.15, 0.2) is 48.5 Å². The number of rotatable bonds is 5. The molecule has 5 heteroatoms. The van der Waals surface area contributed by atoms with Crippen LogP contribution in [0.1, 0.15) is 15.2 Å². The van der Waals surface area contributed by atoms with Gasteiger partial charge in [-0.2, -0.15) is 0 Å². The summed E-state index contributed by atoms with van der Waals surface area (Å²) in [5.74, 6) is 0.201. The second-order valence-electron chi connectivity index (χ2n) is 4.70. The van der Waals surface area contributed by atoms with Crippen LogP contribution < -0.4 is 9.47 Å². The van der Waals surface area contributed by atoms with E-state index in [-0.39, 0.29) is 11.5 Å². The topological polar surface area (TPSA) is 55.8 Å². The molecule has 1 aromatic heterocycles. The number of benzene rings is 2. The number of ether oxygens (including phenoxy) is 2. The van der Waals surface area contributed by atoms with Gasteiger partial charge in [-0.05, 0) is 29.8 Å². The second kappa shape index (κ2) is 6.07. The third-order valence-corrected chi connectivity index (χ3v) is 4.40. The molecule has 3 aromatic rings. The summed E-state index contributed by atoms with van der Waals surface area (Å²) in [6, 6.07) is 15.0. The fourth-order valence-corrected chi connectivity index (χ4v) is 3.21. The van der Waals surface area contributed by atoms with Crippen LogP contribution in [0.2, 0.25) is 0 Å². The minimum absolute atomic E-state index is 0.226. The minimum Gasteiger partial charge on any atom is -0.497 e. The van der Waals surface area contributed by atoms with Crippen LogP contribution in [0, 0.1) is 0 Å². The minimum atomic E-state index is -0.971. The Morgan fingerprint density at radius 3 is 2.77 bits per heavy atom. The fourth-order valence-electron chi connectivity index (χ4n) is 2.22. The van der Waals surface area contributed by atoms with Gasteiger partial charge in [-0.1, -0.05) is 24.3 Å². The van der Waals surface area contributed by atoms with Crippen LogP contribution in [0.5, 0.6) is 11.5 Å². The average Bonchev–Trinajstić information content (AvgIpc) is 2.92. The van der Waals surface area contributed by atoms with Crippen molar-refractivity contribution in [2.45, 2.75) is 6.61 Å². The Kier molecular flexibility index (Phi) is 3.98. The fraction of sp³-hybridized carbons (Fsp3) is 0.118. The summed E-state index contributed by atoms with van der Waals surface area (Å²) < 4.78 is 11.9. The van der Waals surface area contributed by atoms with Gasteiger partial charge >= 0.3 is 5.97 Å². The molecule has 0 saturated heterocycles. The van der Waals surface area contributed by atoms with Gasteiger partial charge in [0.05, 0.1) is 7.11 Å². The first-order chi connectivity index (χ1) is 10.7. The Bertz CT molecular complexity index is 822. The van der Waals surface area contributed by atoms with E-state index in [4.69, 9.17) is 9.47 Å². The quantitative estimate of drug-likeness (QED) is 0.767. The number of hydrogen-bond donors (Lipinski definition) is 1. The third-order valence-electron chi connectivity index (χ3n) is 3.26. The van der Waals surface area contributed by atoms with Crippen molar-refractivity contribution in [1.29, 1.82) is 0 Å². The maximum atomic E-state index is 11.4. The molecule has 0 saturated carbocycles. The molecule has 0 atom stereocenters. The van der Waals surface area contributed by atoms with E-state index in [9.17, 15) is 9.90 Å². The van der Waals surface area contributed by atoms with Crippen molar-refractivity contribution in [3.8, 4) is 11.5 Å². The zero-order valence-corrected chi connectivity index (χ0v) is 12.7. The van der Waals surface area contributed by atoms with Gasteiger partial charge < -0.3 is 14.6 Å². The second-order valence-corrected chi connectivity index (χ2v) is 5.75. The van der Waals surface area contributed by atoms with Gasteiger partial charge in [0.1, 0.15) is 12.4 Å². The molecule has 1 heterocycles. The largest absolute Gasteiger partial charge is 0.497 e. The first-order valence-corrected chi connectivity index (χ1v) is 7.51. The molecular formula is C17H14O4S. The third kappa shape index (κ3) is 2.76. The van der Waals surface area contributed by atoms with Crippen LogP contribution >= 0.6 is 11.3 Å². The zero-order chi connectivity index (χ0) is 15.5. The number of hydrogen-bond acceptors (Lipinski definition) is 4. The van der Waals surface area contributed by atoms with E-state index >= 15 is 0 Å². The van der Waals surface area contributed by atoms with E-state index in [2.05, 4.69) is 0 Å². The number of carboxylic acid groups (broad SMARTS) is 1. The standard InChI is InChI=1S/C17H14O4S/c1-20-12-6-4-5-11(9-12)10-21-15-13-7-2-3-8-14(13)22-16(15)17(18)19/h2-9H,10H2,1H3,(H,18,19). The number of thiophene rings is 1. The number of aromatic carboxylic acids is 1. The highest BCUT2D eigenvalue weighted by Crippen LogP contribution is 2.38.